The Bertz CT molecular complexity index is 324. The maximum Gasteiger partial charge on any atom is 0.220 e. The Labute approximate surface area is 84.2 Å². The van der Waals surface area contributed by atoms with Crippen LogP contribution in [0.3, 0.4) is 0 Å². The van der Waals surface area contributed by atoms with E-state index in [4.69, 9.17) is 5.73 Å². The molecule has 2 heterocycles. The van der Waals surface area contributed by atoms with E-state index in [2.05, 4.69) is 21.8 Å². The lowest BCUT2D eigenvalue weighted by atomic mass is 10.1. The first-order valence-corrected chi connectivity index (χ1v) is 5.12. The highest BCUT2D eigenvalue weighted by Crippen LogP contribution is 2.16. The molecule has 0 spiro atoms. The van der Waals surface area contributed by atoms with E-state index in [1.165, 1.54) is 12.0 Å². The van der Waals surface area contributed by atoms with Crippen molar-refractivity contribution in [2.45, 2.75) is 26.3 Å². The third-order valence-electron chi connectivity index (χ3n) is 2.57. The summed E-state index contributed by atoms with van der Waals surface area (Å²) < 4.78 is 0. The van der Waals surface area contributed by atoms with Crippen molar-refractivity contribution in [1.82, 2.24) is 14.9 Å². The van der Waals surface area contributed by atoms with Gasteiger partial charge in [-0.1, -0.05) is 6.92 Å². The summed E-state index contributed by atoms with van der Waals surface area (Å²) in [4.78, 5) is 10.7. The fourth-order valence-electron chi connectivity index (χ4n) is 1.90. The number of rotatable bonds is 2. The molecule has 0 radical (unpaired) electrons. The van der Waals surface area contributed by atoms with Gasteiger partial charge >= 0.3 is 0 Å². The lowest BCUT2D eigenvalue weighted by Gasteiger charge is -2.27. The Morgan fingerprint density at radius 1 is 1.57 bits per heavy atom. The van der Waals surface area contributed by atoms with E-state index in [0.717, 1.165) is 31.7 Å². The summed E-state index contributed by atoms with van der Waals surface area (Å²) in [6.45, 7) is 5.43. The van der Waals surface area contributed by atoms with Crippen LogP contribution in [0.5, 0.6) is 0 Å². The molecule has 1 aromatic heterocycles. The highest BCUT2D eigenvalue weighted by Gasteiger charge is 2.16. The van der Waals surface area contributed by atoms with E-state index in [-0.39, 0.29) is 0 Å². The molecule has 0 atom stereocenters. The van der Waals surface area contributed by atoms with Crippen LogP contribution in [-0.4, -0.2) is 28.0 Å². The molecule has 0 amide bonds. The molecule has 0 bridgehead atoms. The largest absolute Gasteiger partial charge is 0.368 e. The Hall–Kier alpha value is -1.16. The van der Waals surface area contributed by atoms with Crippen LogP contribution in [0.15, 0.2) is 6.20 Å². The first-order valence-electron chi connectivity index (χ1n) is 5.12. The molecule has 2 N–H and O–H groups in total. The standard InChI is InChI=1S/C10H16N4/c1-2-4-14-5-3-9-8(7-14)6-12-10(11)13-9/h6H,2-5,7H2,1H3,(H2,11,12,13). The highest BCUT2D eigenvalue weighted by atomic mass is 15.1. The van der Waals surface area contributed by atoms with Gasteiger partial charge < -0.3 is 5.73 Å². The van der Waals surface area contributed by atoms with E-state index in [9.17, 15) is 0 Å². The smallest absolute Gasteiger partial charge is 0.220 e. The van der Waals surface area contributed by atoms with E-state index < -0.39 is 0 Å². The number of nitrogens with two attached hydrogens (primary N) is 1. The third kappa shape index (κ3) is 1.85. The van der Waals surface area contributed by atoms with Crippen LogP contribution in [0.4, 0.5) is 5.95 Å². The normalized spacial score (nSPS) is 16.6. The van der Waals surface area contributed by atoms with Crippen LogP contribution >= 0.6 is 0 Å². The average Bonchev–Trinajstić information content (AvgIpc) is 2.19. The molecular formula is C10H16N4. The molecule has 0 saturated carbocycles. The minimum absolute atomic E-state index is 0.396. The monoisotopic (exact) mass is 192 g/mol. The number of aromatic nitrogens is 2. The van der Waals surface area contributed by atoms with Crippen LogP contribution in [0.2, 0.25) is 0 Å². The summed E-state index contributed by atoms with van der Waals surface area (Å²) in [5.41, 5.74) is 7.90. The molecule has 76 valence electrons. The van der Waals surface area contributed by atoms with E-state index in [0.29, 0.717) is 5.95 Å². The molecule has 1 aliphatic heterocycles. The van der Waals surface area contributed by atoms with Crippen molar-refractivity contribution in [3.05, 3.63) is 17.5 Å². The van der Waals surface area contributed by atoms with Crippen molar-refractivity contribution in [2.24, 2.45) is 0 Å². The predicted molar refractivity (Wildman–Crippen MR) is 55.7 cm³/mol. The van der Waals surface area contributed by atoms with Gasteiger partial charge in [0.15, 0.2) is 0 Å². The Morgan fingerprint density at radius 2 is 2.43 bits per heavy atom. The average molecular weight is 192 g/mol. The summed E-state index contributed by atoms with van der Waals surface area (Å²) in [7, 11) is 0. The molecule has 0 fully saturated rings. The van der Waals surface area contributed by atoms with Gasteiger partial charge in [0.1, 0.15) is 0 Å². The van der Waals surface area contributed by atoms with Crippen molar-refractivity contribution in [3.8, 4) is 0 Å². The zero-order valence-electron chi connectivity index (χ0n) is 8.53. The molecule has 1 aliphatic rings. The van der Waals surface area contributed by atoms with Gasteiger partial charge in [-0.3, -0.25) is 4.90 Å². The maximum absolute atomic E-state index is 5.54. The van der Waals surface area contributed by atoms with Crippen molar-refractivity contribution >= 4 is 5.95 Å². The quantitative estimate of drug-likeness (QED) is 0.754. The van der Waals surface area contributed by atoms with Crippen molar-refractivity contribution in [1.29, 1.82) is 0 Å². The number of anilines is 1. The van der Waals surface area contributed by atoms with Crippen LogP contribution in [0.25, 0.3) is 0 Å². The van der Waals surface area contributed by atoms with E-state index in [1.807, 2.05) is 6.20 Å². The van der Waals surface area contributed by atoms with Crippen LogP contribution in [-0.2, 0) is 13.0 Å². The zero-order chi connectivity index (χ0) is 9.97. The Morgan fingerprint density at radius 3 is 3.21 bits per heavy atom. The van der Waals surface area contributed by atoms with Gasteiger partial charge in [-0.2, -0.15) is 0 Å². The van der Waals surface area contributed by atoms with Crippen LogP contribution in [0, 0.1) is 0 Å². The molecule has 14 heavy (non-hydrogen) atoms. The second-order valence-electron chi connectivity index (χ2n) is 3.73. The molecule has 1 aromatic rings. The van der Waals surface area contributed by atoms with Gasteiger partial charge in [0.05, 0.1) is 5.69 Å². The zero-order valence-corrected chi connectivity index (χ0v) is 8.53. The van der Waals surface area contributed by atoms with E-state index in [1.54, 1.807) is 0 Å². The Kier molecular flexibility index (Phi) is 2.63. The van der Waals surface area contributed by atoms with Gasteiger partial charge in [0.2, 0.25) is 5.95 Å². The van der Waals surface area contributed by atoms with Gasteiger partial charge in [0, 0.05) is 31.3 Å². The summed E-state index contributed by atoms with van der Waals surface area (Å²) in [5, 5.41) is 0. The molecular weight excluding hydrogens is 176 g/mol. The van der Waals surface area contributed by atoms with Gasteiger partial charge in [0.25, 0.3) is 0 Å². The van der Waals surface area contributed by atoms with Crippen LogP contribution in [0.1, 0.15) is 24.6 Å². The fraction of sp³-hybridized carbons (Fsp3) is 0.600. The first kappa shape index (κ1) is 9.40. The van der Waals surface area contributed by atoms with Crippen molar-refractivity contribution in [3.63, 3.8) is 0 Å². The maximum atomic E-state index is 5.54. The summed E-state index contributed by atoms with van der Waals surface area (Å²) in [6, 6.07) is 0. The molecule has 0 saturated heterocycles. The van der Waals surface area contributed by atoms with Gasteiger partial charge in [-0.25, -0.2) is 9.97 Å². The second-order valence-corrected chi connectivity index (χ2v) is 3.73. The first-order chi connectivity index (χ1) is 6.79. The number of hydrogen-bond acceptors (Lipinski definition) is 4. The summed E-state index contributed by atoms with van der Waals surface area (Å²) in [6.07, 6.45) is 4.06. The molecule has 4 heteroatoms. The number of hydrogen-bond donors (Lipinski definition) is 1. The molecule has 0 unspecified atom stereocenters. The fourth-order valence-corrected chi connectivity index (χ4v) is 1.90. The molecule has 0 aromatic carbocycles. The SMILES string of the molecule is CCCN1CCc2nc(N)ncc2C1. The summed E-state index contributed by atoms with van der Waals surface area (Å²) in [5.74, 6) is 0.396. The summed E-state index contributed by atoms with van der Waals surface area (Å²) >= 11 is 0. The predicted octanol–water partition coefficient (Wildman–Crippen LogP) is 0.827. The molecule has 4 nitrogen and oxygen atoms in total. The minimum atomic E-state index is 0.396. The molecule has 2 rings (SSSR count). The number of nitrogens with zero attached hydrogens (tertiary/aromatic N) is 3. The van der Waals surface area contributed by atoms with Crippen LogP contribution < -0.4 is 5.73 Å². The van der Waals surface area contributed by atoms with Gasteiger partial charge in [-0.15, -0.1) is 0 Å². The highest BCUT2D eigenvalue weighted by molar-refractivity contribution is 5.26. The van der Waals surface area contributed by atoms with Crippen molar-refractivity contribution in [2.75, 3.05) is 18.8 Å². The van der Waals surface area contributed by atoms with Crippen molar-refractivity contribution < 1.29 is 0 Å². The minimum Gasteiger partial charge on any atom is -0.368 e. The molecule has 0 aliphatic carbocycles. The van der Waals surface area contributed by atoms with Gasteiger partial charge in [-0.05, 0) is 13.0 Å². The lowest BCUT2D eigenvalue weighted by molar-refractivity contribution is 0.252. The number of fused-ring (bicyclic) bond motifs is 1. The van der Waals surface area contributed by atoms with E-state index >= 15 is 0 Å². The Balaban J connectivity index is 2.15. The number of nitrogen functional groups attached to an aromatic ring is 1. The lowest BCUT2D eigenvalue weighted by Crippen LogP contribution is -2.32. The second kappa shape index (κ2) is 3.92. The topological polar surface area (TPSA) is 55.0 Å². The third-order valence-corrected chi connectivity index (χ3v) is 2.57.